The molecule has 2 nitrogen and oxygen atoms in total. The van der Waals surface area contributed by atoms with Crippen LogP contribution in [0.25, 0.3) is 0 Å². The lowest BCUT2D eigenvalue weighted by Gasteiger charge is -2.21. The zero-order chi connectivity index (χ0) is 13.4. The van der Waals surface area contributed by atoms with Crippen LogP contribution in [0.5, 0.6) is 0 Å². The van der Waals surface area contributed by atoms with Crippen molar-refractivity contribution in [2.75, 3.05) is 6.54 Å². The molecule has 102 valence electrons. The van der Waals surface area contributed by atoms with E-state index in [1.54, 1.807) is 0 Å². The Morgan fingerprint density at radius 2 is 1.78 bits per heavy atom. The first-order valence-corrected chi connectivity index (χ1v) is 7.06. The minimum Gasteiger partial charge on any atom is -0.393 e. The third-order valence-electron chi connectivity index (χ3n) is 3.10. The molecule has 1 aromatic rings. The molecule has 0 saturated heterocycles. The smallest absolute Gasteiger partial charge is 0.0512 e. The van der Waals surface area contributed by atoms with Crippen molar-refractivity contribution in [2.24, 2.45) is 5.92 Å². The second-order valence-corrected chi connectivity index (χ2v) is 5.54. The Bertz CT molecular complexity index is 308. The van der Waals surface area contributed by atoms with Crippen molar-refractivity contribution >= 4 is 0 Å². The first-order valence-electron chi connectivity index (χ1n) is 7.06. The topological polar surface area (TPSA) is 32.3 Å². The van der Waals surface area contributed by atoms with E-state index in [1.807, 2.05) is 6.92 Å². The molecule has 2 atom stereocenters. The predicted octanol–water partition coefficient (Wildman–Crippen LogP) is 3.52. The first-order chi connectivity index (χ1) is 8.59. The van der Waals surface area contributed by atoms with Crippen LogP contribution in [0.4, 0.5) is 0 Å². The maximum atomic E-state index is 9.25. The van der Waals surface area contributed by atoms with E-state index < -0.39 is 0 Å². The molecular formula is C16H27NO. The molecular weight excluding hydrogens is 222 g/mol. The second-order valence-electron chi connectivity index (χ2n) is 5.54. The fourth-order valence-corrected chi connectivity index (χ4v) is 2.17. The fourth-order valence-electron chi connectivity index (χ4n) is 2.17. The Balaban J connectivity index is 2.46. The van der Waals surface area contributed by atoms with Crippen LogP contribution in [-0.2, 0) is 0 Å². The Kier molecular flexibility index (Phi) is 6.99. The molecule has 0 fully saturated rings. The summed E-state index contributed by atoms with van der Waals surface area (Å²) in [5, 5.41) is 12.9. The molecule has 0 aliphatic heterocycles. The van der Waals surface area contributed by atoms with Gasteiger partial charge in [-0.1, -0.05) is 44.2 Å². The minimum absolute atomic E-state index is 0.188. The van der Waals surface area contributed by atoms with E-state index in [0.717, 1.165) is 25.8 Å². The summed E-state index contributed by atoms with van der Waals surface area (Å²) >= 11 is 0. The number of benzene rings is 1. The van der Waals surface area contributed by atoms with Gasteiger partial charge in [0, 0.05) is 6.04 Å². The standard InChI is InChI=1S/C16H27NO/c1-13(2)12-16(15-9-5-4-6-10-15)17-11-7-8-14(3)18/h4-6,9-10,13-14,16-18H,7-8,11-12H2,1-3H3. The van der Waals surface area contributed by atoms with Crippen molar-refractivity contribution in [3.05, 3.63) is 35.9 Å². The molecule has 0 bridgehead atoms. The molecule has 1 aromatic carbocycles. The molecule has 0 aromatic heterocycles. The molecule has 1 rings (SSSR count). The number of hydrogen-bond donors (Lipinski definition) is 2. The Hall–Kier alpha value is -0.860. The van der Waals surface area contributed by atoms with Gasteiger partial charge < -0.3 is 10.4 Å². The molecule has 0 heterocycles. The van der Waals surface area contributed by atoms with E-state index in [1.165, 1.54) is 5.56 Å². The van der Waals surface area contributed by atoms with E-state index in [2.05, 4.69) is 49.5 Å². The zero-order valence-electron chi connectivity index (χ0n) is 11.9. The van der Waals surface area contributed by atoms with Gasteiger partial charge in [0.25, 0.3) is 0 Å². The highest BCUT2D eigenvalue weighted by molar-refractivity contribution is 5.18. The van der Waals surface area contributed by atoms with Gasteiger partial charge in [-0.25, -0.2) is 0 Å². The van der Waals surface area contributed by atoms with Crippen LogP contribution < -0.4 is 5.32 Å². The Morgan fingerprint density at radius 3 is 2.33 bits per heavy atom. The highest BCUT2D eigenvalue weighted by atomic mass is 16.3. The van der Waals surface area contributed by atoms with Crippen LogP contribution in [0, 0.1) is 5.92 Å². The van der Waals surface area contributed by atoms with Crippen LogP contribution in [0.15, 0.2) is 30.3 Å². The van der Waals surface area contributed by atoms with E-state index in [4.69, 9.17) is 0 Å². The van der Waals surface area contributed by atoms with Gasteiger partial charge in [-0.2, -0.15) is 0 Å². The van der Waals surface area contributed by atoms with E-state index >= 15 is 0 Å². The monoisotopic (exact) mass is 249 g/mol. The summed E-state index contributed by atoms with van der Waals surface area (Å²) in [7, 11) is 0. The van der Waals surface area contributed by atoms with Crippen LogP contribution in [0.1, 0.15) is 51.6 Å². The summed E-state index contributed by atoms with van der Waals surface area (Å²) < 4.78 is 0. The molecule has 0 saturated carbocycles. The average Bonchev–Trinajstić information content (AvgIpc) is 2.33. The number of rotatable bonds is 8. The molecule has 0 radical (unpaired) electrons. The lowest BCUT2D eigenvalue weighted by atomic mass is 9.97. The van der Waals surface area contributed by atoms with Crippen LogP contribution in [-0.4, -0.2) is 17.8 Å². The Morgan fingerprint density at radius 1 is 1.11 bits per heavy atom. The summed E-state index contributed by atoms with van der Waals surface area (Å²) in [5.74, 6) is 0.680. The third-order valence-corrected chi connectivity index (χ3v) is 3.10. The van der Waals surface area contributed by atoms with Crippen molar-refractivity contribution in [2.45, 2.75) is 52.2 Å². The lowest BCUT2D eigenvalue weighted by Crippen LogP contribution is -2.24. The molecule has 2 N–H and O–H groups in total. The summed E-state index contributed by atoms with van der Waals surface area (Å²) in [6.45, 7) is 7.33. The van der Waals surface area contributed by atoms with Gasteiger partial charge in [0.05, 0.1) is 6.10 Å². The van der Waals surface area contributed by atoms with Crippen LogP contribution >= 0.6 is 0 Å². The molecule has 0 aliphatic rings. The van der Waals surface area contributed by atoms with Crippen molar-refractivity contribution < 1.29 is 5.11 Å². The van der Waals surface area contributed by atoms with Gasteiger partial charge in [-0.15, -0.1) is 0 Å². The summed E-state index contributed by atoms with van der Waals surface area (Å²) in [6.07, 6.45) is 2.86. The largest absolute Gasteiger partial charge is 0.393 e. The normalized spacial score (nSPS) is 14.7. The maximum absolute atomic E-state index is 9.25. The Labute approximate surface area is 111 Å². The predicted molar refractivity (Wildman–Crippen MR) is 77.6 cm³/mol. The summed E-state index contributed by atoms with van der Waals surface area (Å²) in [5.41, 5.74) is 1.36. The SMILES string of the molecule is CC(C)CC(NCCCC(C)O)c1ccccc1. The zero-order valence-corrected chi connectivity index (χ0v) is 11.9. The highest BCUT2D eigenvalue weighted by Crippen LogP contribution is 2.20. The van der Waals surface area contributed by atoms with Gasteiger partial charge in [0.1, 0.15) is 0 Å². The molecule has 2 unspecified atom stereocenters. The van der Waals surface area contributed by atoms with Crippen LogP contribution in [0.3, 0.4) is 0 Å². The van der Waals surface area contributed by atoms with Crippen molar-refractivity contribution in [1.82, 2.24) is 5.32 Å². The molecule has 0 spiro atoms. The summed E-state index contributed by atoms with van der Waals surface area (Å²) in [6, 6.07) is 11.1. The molecule has 18 heavy (non-hydrogen) atoms. The van der Waals surface area contributed by atoms with Crippen LogP contribution in [0.2, 0.25) is 0 Å². The number of hydrogen-bond acceptors (Lipinski definition) is 2. The third kappa shape index (κ3) is 6.18. The van der Waals surface area contributed by atoms with Gasteiger partial charge in [-0.05, 0) is 44.2 Å². The van der Waals surface area contributed by atoms with Gasteiger partial charge in [0.2, 0.25) is 0 Å². The number of nitrogens with one attached hydrogen (secondary N) is 1. The van der Waals surface area contributed by atoms with Gasteiger partial charge >= 0.3 is 0 Å². The number of aliphatic hydroxyl groups excluding tert-OH is 1. The summed E-state index contributed by atoms with van der Waals surface area (Å²) in [4.78, 5) is 0. The van der Waals surface area contributed by atoms with Crippen molar-refractivity contribution in [1.29, 1.82) is 0 Å². The highest BCUT2D eigenvalue weighted by Gasteiger charge is 2.12. The van der Waals surface area contributed by atoms with Crippen molar-refractivity contribution in [3.8, 4) is 0 Å². The second kappa shape index (κ2) is 8.28. The lowest BCUT2D eigenvalue weighted by molar-refractivity contribution is 0.180. The van der Waals surface area contributed by atoms with E-state index in [0.29, 0.717) is 12.0 Å². The molecule has 0 aliphatic carbocycles. The van der Waals surface area contributed by atoms with Crippen molar-refractivity contribution in [3.63, 3.8) is 0 Å². The van der Waals surface area contributed by atoms with Gasteiger partial charge in [-0.3, -0.25) is 0 Å². The quantitative estimate of drug-likeness (QED) is 0.691. The average molecular weight is 249 g/mol. The van der Waals surface area contributed by atoms with Gasteiger partial charge in [0.15, 0.2) is 0 Å². The fraction of sp³-hybridized carbons (Fsp3) is 0.625. The number of aliphatic hydroxyl groups is 1. The first kappa shape index (κ1) is 15.2. The molecule has 0 amide bonds. The minimum atomic E-state index is -0.188. The molecule has 2 heteroatoms. The van der Waals surface area contributed by atoms with E-state index in [-0.39, 0.29) is 6.10 Å². The maximum Gasteiger partial charge on any atom is 0.0512 e. The van der Waals surface area contributed by atoms with E-state index in [9.17, 15) is 5.11 Å².